The van der Waals surface area contributed by atoms with Crippen LogP contribution in [0.3, 0.4) is 0 Å². The van der Waals surface area contributed by atoms with Gasteiger partial charge in [-0.25, -0.2) is 4.39 Å². The maximum atomic E-state index is 12.9. The third-order valence-corrected chi connectivity index (χ3v) is 2.52. The molecule has 0 aliphatic rings. The van der Waals surface area contributed by atoms with Crippen molar-refractivity contribution in [2.45, 2.75) is 0 Å². The van der Waals surface area contributed by atoms with Gasteiger partial charge < -0.3 is 0 Å². The number of hydrogen-bond donors (Lipinski definition) is 0. The number of rotatable bonds is 1. The fourth-order valence-electron chi connectivity index (χ4n) is 1.30. The molecular formula is C11H6Cl2FN. The van der Waals surface area contributed by atoms with E-state index in [0.29, 0.717) is 11.3 Å². The summed E-state index contributed by atoms with van der Waals surface area (Å²) in [5, 5.41) is 0.525. The number of hydrogen-bond acceptors (Lipinski definition) is 1. The summed E-state index contributed by atoms with van der Waals surface area (Å²) in [6.07, 6.45) is 1.63. The van der Waals surface area contributed by atoms with Gasteiger partial charge in [-0.2, -0.15) is 0 Å². The summed E-state index contributed by atoms with van der Waals surface area (Å²) in [7, 11) is 0. The van der Waals surface area contributed by atoms with Gasteiger partial charge >= 0.3 is 0 Å². The maximum absolute atomic E-state index is 12.9. The molecular weight excluding hydrogens is 236 g/mol. The highest BCUT2D eigenvalue weighted by Gasteiger charge is 2.11. The third kappa shape index (κ3) is 2.11. The topological polar surface area (TPSA) is 12.9 Å². The molecule has 0 saturated carbocycles. The Labute approximate surface area is 96.5 Å². The summed E-state index contributed by atoms with van der Waals surface area (Å²) in [6.45, 7) is 0. The second-order valence-electron chi connectivity index (χ2n) is 2.96. The number of pyridine rings is 1. The van der Waals surface area contributed by atoms with Gasteiger partial charge in [0.15, 0.2) is 0 Å². The Kier molecular flexibility index (Phi) is 2.89. The van der Waals surface area contributed by atoms with Crippen molar-refractivity contribution in [1.29, 1.82) is 0 Å². The summed E-state index contributed by atoms with van der Waals surface area (Å²) in [5.74, 6) is -0.454. The molecule has 0 N–H and O–H groups in total. The van der Waals surface area contributed by atoms with E-state index in [1.54, 1.807) is 18.3 Å². The molecule has 0 radical (unpaired) electrons. The molecule has 1 nitrogen and oxygen atoms in total. The standard InChI is InChI=1S/C11H6Cl2FN/c12-8-5-7(14)6-9(13)11(8)10-3-1-2-4-15-10/h1-6H. The molecule has 0 spiro atoms. The molecule has 0 amide bonds. The van der Waals surface area contributed by atoms with E-state index in [-0.39, 0.29) is 10.0 Å². The number of halogens is 3. The van der Waals surface area contributed by atoms with Gasteiger partial charge in [0.05, 0.1) is 15.7 Å². The minimum Gasteiger partial charge on any atom is -0.256 e. The van der Waals surface area contributed by atoms with Crippen LogP contribution in [-0.2, 0) is 0 Å². The largest absolute Gasteiger partial charge is 0.256 e. The minimum absolute atomic E-state index is 0.263. The molecule has 2 aromatic rings. The van der Waals surface area contributed by atoms with Crippen LogP contribution < -0.4 is 0 Å². The lowest BCUT2D eigenvalue weighted by Gasteiger charge is -2.05. The lowest BCUT2D eigenvalue weighted by Crippen LogP contribution is -1.86. The zero-order valence-corrected chi connectivity index (χ0v) is 9.06. The second-order valence-corrected chi connectivity index (χ2v) is 3.77. The van der Waals surface area contributed by atoms with E-state index >= 15 is 0 Å². The monoisotopic (exact) mass is 241 g/mol. The zero-order chi connectivity index (χ0) is 10.8. The predicted octanol–water partition coefficient (Wildman–Crippen LogP) is 4.19. The highest BCUT2D eigenvalue weighted by atomic mass is 35.5. The third-order valence-electron chi connectivity index (χ3n) is 1.93. The molecule has 0 saturated heterocycles. The van der Waals surface area contributed by atoms with Gasteiger partial charge in [-0.15, -0.1) is 0 Å². The van der Waals surface area contributed by atoms with Gasteiger partial charge in [0.1, 0.15) is 5.82 Å². The molecule has 4 heteroatoms. The zero-order valence-electron chi connectivity index (χ0n) is 7.55. The predicted molar refractivity (Wildman–Crippen MR) is 59.7 cm³/mol. The Hall–Kier alpha value is -1.12. The molecule has 2 rings (SSSR count). The molecule has 15 heavy (non-hydrogen) atoms. The molecule has 0 aliphatic carbocycles. The van der Waals surface area contributed by atoms with Crippen molar-refractivity contribution in [3.63, 3.8) is 0 Å². The SMILES string of the molecule is Fc1cc(Cl)c(-c2ccccn2)c(Cl)c1. The van der Waals surface area contributed by atoms with Crippen molar-refractivity contribution in [3.8, 4) is 11.3 Å². The Morgan fingerprint density at radius 1 is 1.07 bits per heavy atom. The fraction of sp³-hybridized carbons (Fsp3) is 0. The summed E-state index contributed by atoms with van der Waals surface area (Å²) < 4.78 is 12.9. The first-order chi connectivity index (χ1) is 7.18. The molecule has 0 fully saturated rings. The highest BCUT2D eigenvalue weighted by Crippen LogP contribution is 2.33. The van der Waals surface area contributed by atoms with Crippen molar-refractivity contribution in [3.05, 3.63) is 52.4 Å². The van der Waals surface area contributed by atoms with E-state index in [9.17, 15) is 4.39 Å². The van der Waals surface area contributed by atoms with Crippen LogP contribution in [0.15, 0.2) is 36.5 Å². The summed E-state index contributed by atoms with van der Waals surface area (Å²) in [4.78, 5) is 4.11. The Morgan fingerprint density at radius 2 is 1.73 bits per heavy atom. The fourth-order valence-corrected chi connectivity index (χ4v) is 1.95. The minimum atomic E-state index is -0.454. The van der Waals surface area contributed by atoms with Crippen molar-refractivity contribution in [2.75, 3.05) is 0 Å². The van der Waals surface area contributed by atoms with Crippen LogP contribution in [0, 0.1) is 5.82 Å². The second kappa shape index (κ2) is 4.17. The molecule has 76 valence electrons. The van der Waals surface area contributed by atoms with E-state index in [1.807, 2.05) is 6.07 Å². The number of nitrogens with zero attached hydrogens (tertiary/aromatic N) is 1. The van der Waals surface area contributed by atoms with E-state index < -0.39 is 5.82 Å². The summed E-state index contributed by atoms with van der Waals surface area (Å²) >= 11 is 11.8. The molecule has 0 atom stereocenters. The summed E-state index contributed by atoms with van der Waals surface area (Å²) in [5.41, 5.74) is 1.19. The lowest BCUT2D eigenvalue weighted by molar-refractivity contribution is 0.628. The van der Waals surface area contributed by atoms with Crippen LogP contribution in [0.1, 0.15) is 0 Å². The molecule has 1 aromatic heterocycles. The van der Waals surface area contributed by atoms with Crippen LogP contribution in [0.2, 0.25) is 10.0 Å². The normalized spacial score (nSPS) is 10.3. The Morgan fingerprint density at radius 3 is 2.27 bits per heavy atom. The molecule has 0 aliphatic heterocycles. The first-order valence-electron chi connectivity index (χ1n) is 4.24. The molecule has 1 aromatic carbocycles. The van der Waals surface area contributed by atoms with Gasteiger partial charge in [-0.05, 0) is 24.3 Å². The Bertz CT molecular complexity index is 462. The average Bonchev–Trinajstić information content (AvgIpc) is 2.17. The van der Waals surface area contributed by atoms with Crippen molar-refractivity contribution in [2.24, 2.45) is 0 Å². The van der Waals surface area contributed by atoms with Gasteiger partial charge in [-0.3, -0.25) is 4.98 Å². The van der Waals surface area contributed by atoms with Crippen LogP contribution in [0.25, 0.3) is 11.3 Å². The summed E-state index contributed by atoms with van der Waals surface area (Å²) in [6, 6.07) is 7.81. The number of benzene rings is 1. The van der Waals surface area contributed by atoms with Gasteiger partial charge in [0.25, 0.3) is 0 Å². The van der Waals surface area contributed by atoms with E-state index in [2.05, 4.69) is 4.98 Å². The van der Waals surface area contributed by atoms with E-state index in [4.69, 9.17) is 23.2 Å². The van der Waals surface area contributed by atoms with Crippen LogP contribution >= 0.6 is 23.2 Å². The van der Waals surface area contributed by atoms with Crippen LogP contribution in [-0.4, -0.2) is 4.98 Å². The first kappa shape index (κ1) is 10.4. The maximum Gasteiger partial charge on any atom is 0.126 e. The average molecular weight is 242 g/mol. The van der Waals surface area contributed by atoms with Gasteiger partial charge in [-0.1, -0.05) is 29.3 Å². The highest BCUT2D eigenvalue weighted by molar-refractivity contribution is 6.39. The van der Waals surface area contributed by atoms with Gasteiger partial charge in [0, 0.05) is 11.8 Å². The molecule has 0 bridgehead atoms. The van der Waals surface area contributed by atoms with Crippen molar-refractivity contribution < 1.29 is 4.39 Å². The Balaban J connectivity index is 2.64. The van der Waals surface area contributed by atoms with Gasteiger partial charge in [0.2, 0.25) is 0 Å². The van der Waals surface area contributed by atoms with Crippen molar-refractivity contribution >= 4 is 23.2 Å². The van der Waals surface area contributed by atoms with E-state index in [0.717, 1.165) is 0 Å². The quantitative estimate of drug-likeness (QED) is 0.730. The first-order valence-corrected chi connectivity index (χ1v) is 5.00. The van der Waals surface area contributed by atoms with Crippen LogP contribution in [0.5, 0.6) is 0 Å². The van der Waals surface area contributed by atoms with Crippen molar-refractivity contribution in [1.82, 2.24) is 4.98 Å². The molecule has 0 unspecified atom stereocenters. The smallest absolute Gasteiger partial charge is 0.126 e. The molecule has 1 heterocycles. The lowest BCUT2D eigenvalue weighted by atomic mass is 10.1. The number of aromatic nitrogens is 1. The van der Waals surface area contributed by atoms with Crippen LogP contribution in [0.4, 0.5) is 4.39 Å². The van der Waals surface area contributed by atoms with E-state index in [1.165, 1.54) is 12.1 Å².